The number of carbonyl (C=O) groups is 1. The van der Waals surface area contributed by atoms with Gasteiger partial charge < -0.3 is 10.6 Å². The van der Waals surface area contributed by atoms with E-state index < -0.39 is 10.8 Å². The van der Waals surface area contributed by atoms with Crippen molar-refractivity contribution in [2.75, 3.05) is 19.3 Å². The molecule has 3 atom stereocenters. The molecule has 0 aromatic rings. The molecule has 0 saturated heterocycles. The first-order valence-corrected chi connectivity index (χ1v) is 7.91. The Morgan fingerprint density at radius 2 is 1.94 bits per heavy atom. The molecule has 0 saturated carbocycles. The fourth-order valence-electron chi connectivity index (χ4n) is 1.50. The largest absolute Gasteiger partial charge is 0.353 e. The molecule has 0 aliphatic heterocycles. The van der Waals surface area contributed by atoms with E-state index >= 15 is 0 Å². The fraction of sp³-hybridized carbons (Fsp3) is 0.917. The van der Waals surface area contributed by atoms with Gasteiger partial charge in [0, 0.05) is 28.3 Å². The zero-order valence-electron chi connectivity index (χ0n) is 11.4. The third kappa shape index (κ3) is 9.30. The van der Waals surface area contributed by atoms with Gasteiger partial charge in [0.05, 0.1) is 6.54 Å². The number of hydrogen-bond acceptors (Lipinski definition) is 3. The lowest BCUT2D eigenvalue weighted by Crippen LogP contribution is -2.39. The zero-order chi connectivity index (χ0) is 13.3. The van der Waals surface area contributed by atoms with E-state index in [1.165, 1.54) is 0 Å². The summed E-state index contributed by atoms with van der Waals surface area (Å²) in [7, 11) is -0.777. The summed E-state index contributed by atoms with van der Waals surface area (Å²) in [6.45, 7) is 7.16. The van der Waals surface area contributed by atoms with Crippen LogP contribution in [-0.2, 0) is 15.6 Å². The molecule has 0 aliphatic carbocycles. The molecular formula is C12H26N2O2S. The van der Waals surface area contributed by atoms with Crippen LogP contribution >= 0.6 is 0 Å². The molecule has 3 unspecified atom stereocenters. The van der Waals surface area contributed by atoms with Crippen LogP contribution in [0.4, 0.5) is 0 Å². The van der Waals surface area contributed by atoms with Crippen LogP contribution in [0.3, 0.4) is 0 Å². The minimum atomic E-state index is -0.777. The number of hydrogen-bond donors (Lipinski definition) is 2. The van der Waals surface area contributed by atoms with Crippen LogP contribution < -0.4 is 10.6 Å². The molecule has 4 nitrogen and oxygen atoms in total. The van der Waals surface area contributed by atoms with E-state index in [0.717, 1.165) is 25.8 Å². The SMILES string of the molecule is CCCC(C)NC(=O)CNCCC(C)S(C)=O. The van der Waals surface area contributed by atoms with Crippen LogP contribution in [0.1, 0.15) is 40.0 Å². The second-order valence-corrected chi connectivity index (χ2v) is 6.33. The number of carbonyl (C=O) groups excluding carboxylic acids is 1. The predicted molar refractivity (Wildman–Crippen MR) is 73.5 cm³/mol. The van der Waals surface area contributed by atoms with Gasteiger partial charge in [-0.3, -0.25) is 9.00 Å². The van der Waals surface area contributed by atoms with Crippen molar-refractivity contribution in [1.29, 1.82) is 0 Å². The molecule has 1 amide bonds. The maximum Gasteiger partial charge on any atom is 0.234 e. The van der Waals surface area contributed by atoms with Gasteiger partial charge in [-0.1, -0.05) is 20.3 Å². The Kier molecular flexibility index (Phi) is 9.36. The highest BCUT2D eigenvalue weighted by molar-refractivity contribution is 7.84. The predicted octanol–water partition coefficient (Wildman–Crippen LogP) is 1.04. The van der Waals surface area contributed by atoms with Crippen molar-refractivity contribution in [3.05, 3.63) is 0 Å². The molecule has 0 spiro atoms. The number of nitrogens with one attached hydrogen (secondary N) is 2. The molecule has 0 aliphatic rings. The van der Waals surface area contributed by atoms with E-state index in [4.69, 9.17) is 0 Å². The Labute approximate surface area is 107 Å². The molecule has 5 heteroatoms. The summed E-state index contributed by atoms with van der Waals surface area (Å²) in [5.74, 6) is 0.0382. The van der Waals surface area contributed by atoms with E-state index in [2.05, 4.69) is 17.6 Å². The third-order valence-corrected chi connectivity index (χ3v) is 4.08. The summed E-state index contributed by atoms with van der Waals surface area (Å²) in [5, 5.41) is 6.19. The Hall–Kier alpha value is -0.420. The van der Waals surface area contributed by atoms with Gasteiger partial charge in [-0.2, -0.15) is 0 Å². The first-order chi connectivity index (χ1) is 7.97. The Bertz CT molecular complexity index is 247. The second-order valence-electron chi connectivity index (χ2n) is 4.53. The lowest BCUT2D eigenvalue weighted by atomic mass is 10.2. The van der Waals surface area contributed by atoms with Crippen LogP contribution in [0.25, 0.3) is 0 Å². The molecule has 0 heterocycles. The molecule has 0 aromatic heterocycles. The summed E-state index contributed by atoms with van der Waals surface area (Å²) in [6.07, 6.45) is 4.64. The Morgan fingerprint density at radius 3 is 2.47 bits per heavy atom. The molecule has 0 radical (unpaired) electrons. The van der Waals surface area contributed by atoms with Gasteiger partial charge in [-0.05, 0) is 26.3 Å². The first kappa shape index (κ1) is 16.6. The van der Waals surface area contributed by atoms with Gasteiger partial charge >= 0.3 is 0 Å². The van der Waals surface area contributed by atoms with Crippen LogP contribution in [0.15, 0.2) is 0 Å². The lowest BCUT2D eigenvalue weighted by Gasteiger charge is -2.13. The molecule has 0 fully saturated rings. The van der Waals surface area contributed by atoms with Crippen molar-refractivity contribution in [3.63, 3.8) is 0 Å². The van der Waals surface area contributed by atoms with E-state index in [0.29, 0.717) is 6.54 Å². The maximum atomic E-state index is 11.5. The summed E-state index contributed by atoms with van der Waals surface area (Å²) in [5.41, 5.74) is 0. The third-order valence-electron chi connectivity index (χ3n) is 2.71. The van der Waals surface area contributed by atoms with Gasteiger partial charge in [0.15, 0.2) is 0 Å². The highest BCUT2D eigenvalue weighted by atomic mass is 32.2. The van der Waals surface area contributed by atoms with Crippen LogP contribution in [0.5, 0.6) is 0 Å². The topological polar surface area (TPSA) is 58.2 Å². The van der Waals surface area contributed by atoms with Crippen molar-refractivity contribution >= 4 is 16.7 Å². The van der Waals surface area contributed by atoms with Gasteiger partial charge in [-0.15, -0.1) is 0 Å². The van der Waals surface area contributed by atoms with Gasteiger partial charge in [0.2, 0.25) is 5.91 Å². The quantitative estimate of drug-likeness (QED) is 0.610. The van der Waals surface area contributed by atoms with Crippen molar-refractivity contribution in [2.24, 2.45) is 0 Å². The average Bonchev–Trinajstić information content (AvgIpc) is 2.24. The molecular weight excluding hydrogens is 236 g/mol. The standard InChI is InChI=1S/C12H26N2O2S/c1-5-6-10(2)14-12(15)9-13-8-7-11(3)17(4)16/h10-11,13H,5-9H2,1-4H3,(H,14,15). The summed E-state index contributed by atoms with van der Waals surface area (Å²) >= 11 is 0. The van der Waals surface area contributed by atoms with Crippen LogP contribution in [-0.4, -0.2) is 40.8 Å². The average molecular weight is 262 g/mol. The van der Waals surface area contributed by atoms with Gasteiger partial charge in [0.25, 0.3) is 0 Å². The normalized spacial score (nSPS) is 16.2. The highest BCUT2D eigenvalue weighted by Crippen LogP contribution is 1.97. The van der Waals surface area contributed by atoms with Gasteiger partial charge in [0.1, 0.15) is 0 Å². The zero-order valence-corrected chi connectivity index (χ0v) is 12.2. The van der Waals surface area contributed by atoms with E-state index in [1.807, 2.05) is 13.8 Å². The summed E-state index contributed by atoms with van der Waals surface area (Å²) in [6, 6.07) is 0.247. The van der Waals surface area contributed by atoms with E-state index in [9.17, 15) is 9.00 Å². The van der Waals surface area contributed by atoms with Crippen LogP contribution in [0, 0.1) is 0 Å². The van der Waals surface area contributed by atoms with Crippen molar-refractivity contribution in [3.8, 4) is 0 Å². The smallest absolute Gasteiger partial charge is 0.234 e. The highest BCUT2D eigenvalue weighted by Gasteiger charge is 2.07. The summed E-state index contributed by atoms with van der Waals surface area (Å²) in [4.78, 5) is 11.5. The second kappa shape index (κ2) is 9.59. The first-order valence-electron chi connectivity index (χ1n) is 6.29. The molecule has 0 aromatic carbocycles. The maximum absolute atomic E-state index is 11.5. The van der Waals surface area contributed by atoms with E-state index in [1.54, 1.807) is 6.26 Å². The molecule has 0 rings (SSSR count). The van der Waals surface area contributed by atoms with Crippen molar-refractivity contribution in [1.82, 2.24) is 10.6 Å². The minimum Gasteiger partial charge on any atom is -0.353 e. The van der Waals surface area contributed by atoms with Gasteiger partial charge in [-0.25, -0.2) is 0 Å². The van der Waals surface area contributed by atoms with Crippen molar-refractivity contribution < 1.29 is 9.00 Å². The fourth-order valence-corrected chi connectivity index (χ4v) is 1.95. The lowest BCUT2D eigenvalue weighted by molar-refractivity contribution is -0.120. The van der Waals surface area contributed by atoms with Crippen LogP contribution in [0.2, 0.25) is 0 Å². The number of amides is 1. The Morgan fingerprint density at radius 1 is 1.29 bits per heavy atom. The molecule has 0 bridgehead atoms. The summed E-state index contributed by atoms with van der Waals surface area (Å²) < 4.78 is 11.1. The molecule has 17 heavy (non-hydrogen) atoms. The minimum absolute atomic E-state index is 0.0382. The van der Waals surface area contributed by atoms with E-state index in [-0.39, 0.29) is 17.2 Å². The number of rotatable bonds is 9. The monoisotopic (exact) mass is 262 g/mol. The molecule has 2 N–H and O–H groups in total. The Balaban J connectivity index is 3.55. The van der Waals surface area contributed by atoms with Crippen molar-refractivity contribution in [2.45, 2.75) is 51.3 Å². The molecule has 102 valence electrons.